The maximum atomic E-state index is 13.2. The Balaban J connectivity index is 6.93. The minimum atomic E-state index is -8.84. The molecule has 182 valence electrons. The summed E-state index contributed by atoms with van der Waals surface area (Å²) >= 11 is 0. The van der Waals surface area contributed by atoms with Crippen molar-refractivity contribution >= 4 is 10.1 Å². The van der Waals surface area contributed by atoms with Crippen molar-refractivity contribution in [1.29, 1.82) is 0 Å². The van der Waals surface area contributed by atoms with Crippen LogP contribution in [-0.4, -0.2) is 62.5 Å². The number of hydrogen-bond donors (Lipinski definition) is 0. The molecule has 0 atom stereocenters. The van der Waals surface area contributed by atoms with Crippen LogP contribution < -0.4 is 0 Å². The number of hydrogen-bond acceptors (Lipinski definition) is 3. The van der Waals surface area contributed by atoms with Gasteiger partial charge < -0.3 is 0 Å². The summed E-state index contributed by atoms with van der Waals surface area (Å²) in [6, 6.07) is 0. The molecule has 0 fully saturated rings. The highest BCUT2D eigenvalue weighted by atomic mass is 32.2. The lowest BCUT2D eigenvalue weighted by atomic mass is 9.91. The smallest absolute Gasteiger partial charge is 0.269 e. The summed E-state index contributed by atoms with van der Waals surface area (Å²) in [5.74, 6) is -51.6. The van der Waals surface area contributed by atoms with E-state index < -0.39 is 64.2 Å². The number of rotatable bonds is 8. The minimum Gasteiger partial charge on any atom is -0.269 e. The van der Waals surface area contributed by atoms with Gasteiger partial charge in [0.25, 0.3) is 0 Å². The molecule has 0 bridgehead atoms. The third kappa shape index (κ3) is 3.25. The van der Waals surface area contributed by atoms with Crippen molar-refractivity contribution in [1.82, 2.24) is 0 Å². The van der Waals surface area contributed by atoms with Gasteiger partial charge >= 0.3 is 57.1 Å². The molecule has 0 unspecified atom stereocenters. The van der Waals surface area contributed by atoms with E-state index in [1.807, 2.05) is 0 Å². The molecular weight excluding hydrogens is 511 g/mol. The fourth-order valence-electron chi connectivity index (χ4n) is 1.41. The standard InChI is InChI=1S/C9H3F17O3S/c1-29-30(27,28)9(25,26)7(20,21)5(16,17)3(12,13)2(10,11)4(14,15)6(18,19)8(22,23)24/h1H3. The molecule has 3 nitrogen and oxygen atoms in total. The Morgan fingerprint density at radius 2 is 0.700 bits per heavy atom. The van der Waals surface area contributed by atoms with Crippen LogP contribution in [0.3, 0.4) is 0 Å². The van der Waals surface area contributed by atoms with Crippen LogP contribution in [-0.2, 0) is 14.3 Å². The van der Waals surface area contributed by atoms with Gasteiger partial charge in [0.15, 0.2) is 0 Å². The van der Waals surface area contributed by atoms with Crippen molar-refractivity contribution in [3.05, 3.63) is 0 Å². The zero-order valence-electron chi connectivity index (χ0n) is 13.1. The van der Waals surface area contributed by atoms with E-state index in [2.05, 4.69) is 4.18 Å². The maximum Gasteiger partial charge on any atom is 0.460 e. The van der Waals surface area contributed by atoms with E-state index in [1.54, 1.807) is 0 Å². The van der Waals surface area contributed by atoms with E-state index in [0.29, 0.717) is 0 Å². The quantitative estimate of drug-likeness (QED) is 0.341. The highest BCUT2D eigenvalue weighted by Gasteiger charge is 2.96. The van der Waals surface area contributed by atoms with Crippen LogP contribution in [0.4, 0.5) is 74.6 Å². The van der Waals surface area contributed by atoms with E-state index in [0.717, 1.165) is 0 Å². The largest absolute Gasteiger partial charge is 0.460 e. The lowest BCUT2D eigenvalue weighted by Crippen LogP contribution is -2.75. The first-order valence-corrected chi connectivity index (χ1v) is 7.48. The fourth-order valence-corrected chi connectivity index (χ4v) is 2.06. The van der Waals surface area contributed by atoms with Gasteiger partial charge in [-0.05, 0) is 0 Å². The molecular formula is C9H3F17O3S. The van der Waals surface area contributed by atoms with Crippen LogP contribution in [0.1, 0.15) is 0 Å². The summed E-state index contributed by atoms with van der Waals surface area (Å²) < 4.78 is 241. The van der Waals surface area contributed by atoms with Crippen molar-refractivity contribution in [3.63, 3.8) is 0 Å². The second-order valence-corrected chi connectivity index (χ2v) is 6.84. The van der Waals surface area contributed by atoms with Gasteiger partial charge in [0.1, 0.15) is 0 Å². The topological polar surface area (TPSA) is 43.4 Å². The van der Waals surface area contributed by atoms with Gasteiger partial charge in [0.2, 0.25) is 0 Å². The van der Waals surface area contributed by atoms with Crippen LogP contribution >= 0.6 is 0 Å². The SMILES string of the molecule is COS(=O)(=O)C(F)(F)C(F)(F)C(F)(F)C(F)(F)C(F)(F)C(F)(F)C(F)(F)C(F)(F)F. The molecule has 0 saturated heterocycles. The molecule has 0 amide bonds. The highest BCUT2D eigenvalue weighted by molar-refractivity contribution is 7.87. The Morgan fingerprint density at radius 3 is 0.933 bits per heavy atom. The molecule has 0 aliphatic carbocycles. The highest BCUT2D eigenvalue weighted by Crippen LogP contribution is 2.64. The molecule has 0 rings (SSSR count). The van der Waals surface area contributed by atoms with Crippen molar-refractivity contribution in [3.8, 4) is 0 Å². The molecule has 0 heterocycles. The Kier molecular flexibility index (Phi) is 6.57. The minimum absolute atomic E-state index is 0.470. The predicted octanol–water partition coefficient (Wildman–Crippen LogP) is 4.93. The number of alkyl halides is 17. The van der Waals surface area contributed by atoms with Crippen molar-refractivity contribution < 1.29 is 87.2 Å². The summed E-state index contributed by atoms with van der Waals surface area (Å²) in [5, 5.41) is -7.61. The average Bonchev–Trinajstić information content (AvgIpc) is 2.52. The van der Waals surface area contributed by atoms with Crippen LogP contribution in [0.25, 0.3) is 0 Å². The Hall–Kier alpha value is -1.28. The summed E-state index contributed by atoms with van der Waals surface area (Å²) in [4.78, 5) is 0. The van der Waals surface area contributed by atoms with Gasteiger partial charge in [-0.1, -0.05) is 0 Å². The summed E-state index contributed by atoms with van der Waals surface area (Å²) in [6.07, 6.45) is -7.86. The van der Waals surface area contributed by atoms with Crippen molar-refractivity contribution in [2.24, 2.45) is 0 Å². The molecule has 0 saturated carbocycles. The Bertz CT molecular complexity index is 749. The van der Waals surface area contributed by atoms with Crippen LogP contribution in [0.2, 0.25) is 0 Å². The molecule has 21 heteroatoms. The molecule has 30 heavy (non-hydrogen) atoms. The first-order valence-electron chi connectivity index (χ1n) is 6.08. The lowest BCUT2D eigenvalue weighted by Gasteiger charge is -2.42. The van der Waals surface area contributed by atoms with Crippen LogP contribution in [0.15, 0.2) is 0 Å². The molecule has 0 aliphatic heterocycles. The van der Waals surface area contributed by atoms with Gasteiger partial charge in [0, 0.05) is 0 Å². The first kappa shape index (κ1) is 28.7. The summed E-state index contributed by atoms with van der Waals surface area (Å²) in [5.41, 5.74) is 0. The molecule has 0 radical (unpaired) electrons. The van der Waals surface area contributed by atoms with Gasteiger partial charge in [-0.3, -0.25) is 4.18 Å². The van der Waals surface area contributed by atoms with E-state index >= 15 is 0 Å². The van der Waals surface area contributed by atoms with E-state index in [-0.39, 0.29) is 0 Å². The van der Waals surface area contributed by atoms with Gasteiger partial charge in [-0.15, -0.1) is 0 Å². The van der Waals surface area contributed by atoms with Crippen molar-refractivity contribution in [2.45, 2.75) is 47.0 Å². The van der Waals surface area contributed by atoms with Crippen LogP contribution in [0, 0.1) is 0 Å². The molecule has 0 aromatic heterocycles. The Morgan fingerprint density at radius 1 is 0.467 bits per heavy atom. The zero-order valence-corrected chi connectivity index (χ0v) is 13.9. The molecule has 0 N–H and O–H groups in total. The van der Waals surface area contributed by atoms with Gasteiger partial charge in [0.05, 0.1) is 7.11 Å². The normalized spacial score (nSPS) is 16.7. The predicted molar refractivity (Wildman–Crippen MR) is 56.6 cm³/mol. The second kappa shape index (κ2) is 6.86. The first-order chi connectivity index (χ1) is 12.6. The molecule has 0 aromatic carbocycles. The van der Waals surface area contributed by atoms with E-state index in [1.165, 1.54) is 0 Å². The summed E-state index contributed by atoms with van der Waals surface area (Å²) in [6.45, 7) is 0. The Labute approximate surface area is 152 Å². The molecule has 0 aromatic rings. The maximum absolute atomic E-state index is 13.2. The third-order valence-corrected chi connectivity index (χ3v) is 4.55. The van der Waals surface area contributed by atoms with E-state index in [9.17, 15) is 83.1 Å². The van der Waals surface area contributed by atoms with E-state index in [4.69, 9.17) is 0 Å². The van der Waals surface area contributed by atoms with Gasteiger partial charge in [-0.2, -0.15) is 83.1 Å². The zero-order chi connectivity index (χ0) is 25.2. The molecule has 0 spiro atoms. The van der Waals surface area contributed by atoms with Crippen molar-refractivity contribution in [2.75, 3.05) is 7.11 Å². The fraction of sp³-hybridized carbons (Fsp3) is 1.00. The second-order valence-electron chi connectivity index (χ2n) is 5.08. The lowest BCUT2D eigenvalue weighted by molar-refractivity contribution is -0.458. The monoisotopic (exact) mass is 514 g/mol. The number of halogens is 17. The summed E-state index contributed by atoms with van der Waals surface area (Å²) in [7, 11) is -7.86. The van der Waals surface area contributed by atoms with Crippen LogP contribution in [0.5, 0.6) is 0 Å². The molecule has 0 aliphatic rings. The van der Waals surface area contributed by atoms with Gasteiger partial charge in [-0.25, -0.2) is 0 Å². The average molecular weight is 514 g/mol. The third-order valence-electron chi connectivity index (χ3n) is 3.23.